The predicted molar refractivity (Wildman–Crippen MR) is 84.9 cm³/mol. The van der Waals surface area contributed by atoms with E-state index in [2.05, 4.69) is 4.98 Å². The van der Waals surface area contributed by atoms with E-state index in [1.54, 1.807) is 22.8 Å². The zero-order valence-electron chi connectivity index (χ0n) is 11.8. The Morgan fingerprint density at radius 3 is 2.68 bits per heavy atom. The highest BCUT2D eigenvalue weighted by atomic mass is 19.1. The van der Waals surface area contributed by atoms with Crippen LogP contribution in [-0.2, 0) is 6.54 Å². The van der Waals surface area contributed by atoms with E-state index in [4.69, 9.17) is 0 Å². The van der Waals surface area contributed by atoms with Gasteiger partial charge >= 0.3 is 0 Å². The number of rotatable bonds is 1. The first kappa shape index (κ1) is 13.0. The predicted octanol–water partition coefficient (Wildman–Crippen LogP) is 3.48. The van der Waals surface area contributed by atoms with Crippen LogP contribution >= 0.6 is 0 Å². The zero-order chi connectivity index (χ0) is 15.1. The third-order valence-electron chi connectivity index (χ3n) is 3.96. The Bertz CT molecular complexity index is 955. The lowest BCUT2D eigenvalue weighted by atomic mass is 10.1. The maximum absolute atomic E-state index is 13.0. The van der Waals surface area contributed by atoms with Crippen LogP contribution in [0.5, 0.6) is 0 Å². The molecule has 0 saturated heterocycles. The summed E-state index contributed by atoms with van der Waals surface area (Å²) >= 11 is 0. The fraction of sp³-hybridized carbons (Fsp3) is 0.111. The number of fused-ring (bicyclic) bond motifs is 2. The van der Waals surface area contributed by atoms with Gasteiger partial charge in [-0.15, -0.1) is 0 Å². The molecule has 1 aliphatic heterocycles. The third-order valence-corrected chi connectivity index (χ3v) is 3.96. The van der Waals surface area contributed by atoms with E-state index in [0.29, 0.717) is 23.3 Å². The van der Waals surface area contributed by atoms with Gasteiger partial charge in [0.15, 0.2) is 0 Å². The van der Waals surface area contributed by atoms with E-state index in [9.17, 15) is 9.18 Å². The van der Waals surface area contributed by atoms with Gasteiger partial charge in [0.25, 0.3) is 5.56 Å². The van der Waals surface area contributed by atoms with Gasteiger partial charge in [0.1, 0.15) is 11.6 Å². The van der Waals surface area contributed by atoms with Crippen molar-refractivity contribution in [1.82, 2.24) is 9.55 Å². The summed E-state index contributed by atoms with van der Waals surface area (Å²) in [5, 5.41) is 0.647. The molecule has 3 aromatic rings. The minimum absolute atomic E-state index is 0.00288. The van der Waals surface area contributed by atoms with Crippen molar-refractivity contribution in [2.45, 2.75) is 13.0 Å². The van der Waals surface area contributed by atoms with Gasteiger partial charge in [0.2, 0.25) is 0 Å². The van der Waals surface area contributed by atoms with Gasteiger partial charge in [0, 0.05) is 6.54 Å². The maximum atomic E-state index is 13.0. The van der Waals surface area contributed by atoms with Crippen molar-refractivity contribution < 1.29 is 4.39 Å². The molecule has 0 bridgehead atoms. The lowest BCUT2D eigenvalue weighted by molar-refractivity contribution is 0.628. The summed E-state index contributed by atoms with van der Waals surface area (Å²) in [5.74, 6) is 0.460. The van der Waals surface area contributed by atoms with Gasteiger partial charge in [0.05, 0.1) is 10.9 Å². The molecule has 0 unspecified atom stereocenters. The van der Waals surface area contributed by atoms with Crippen molar-refractivity contribution in [3.8, 4) is 0 Å². The first-order valence-electron chi connectivity index (χ1n) is 7.18. The summed E-state index contributed by atoms with van der Waals surface area (Å²) in [6.07, 6.45) is 2.73. The molecule has 0 saturated carbocycles. The summed E-state index contributed by atoms with van der Waals surface area (Å²) in [6.45, 7) is 0.638. The summed E-state index contributed by atoms with van der Waals surface area (Å²) < 4.78 is 14.7. The second-order valence-corrected chi connectivity index (χ2v) is 5.38. The number of halogens is 1. The molecule has 0 atom stereocenters. The normalized spacial score (nSPS) is 15.4. The molecule has 3 nitrogen and oxygen atoms in total. The molecule has 0 N–H and O–H groups in total. The first-order chi connectivity index (χ1) is 10.7. The van der Waals surface area contributed by atoms with Crippen molar-refractivity contribution in [2.24, 2.45) is 0 Å². The number of allylic oxidation sites excluding steroid dienone is 1. The van der Waals surface area contributed by atoms with E-state index in [1.807, 2.05) is 24.3 Å². The molecule has 1 aromatic heterocycles. The Balaban J connectivity index is 1.88. The highest BCUT2D eigenvalue weighted by Gasteiger charge is 2.20. The number of benzene rings is 2. The molecule has 2 heterocycles. The fourth-order valence-electron chi connectivity index (χ4n) is 2.86. The van der Waals surface area contributed by atoms with Crippen LogP contribution in [0.15, 0.2) is 53.3 Å². The molecule has 0 aliphatic carbocycles. The molecule has 0 radical (unpaired) electrons. The van der Waals surface area contributed by atoms with Crippen LogP contribution in [0.1, 0.15) is 17.8 Å². The van der Waals surface area contributed by atoms with Crippen LogP contribution in [0, 0.1) is 5.82 Å². The lowest BCUT2D eigenvalue weighted by Gasteiger charge is -2.05. The Labute approximate surface area is 126 Å². The summed E-state index contributed by atoms with van der Waals surface area (Å²) in [4.78, 5) is 17.1. The number of nitrogens with zero attached hydrogens (tertiary/aromatic N) is 2. The molecule has 22 heavy (non-hydrogen) atoms. The Kier molecular flexibility index (Phi) is 2.89. The second-order valence-electron chi connectivity index (χ2n) is 5.38. The zero-order valence-corrected chi connectivity index (χ0v) is 11.8. The summed E-state index contributed by atoms with van der Waals surface area (Å²) in [5.41, 5.74) is 2.63. The summed E-state index contributed by atoms with van der Waals surface area (Å²) in [7, 11) is 0. The van der Waals surface area contributed by atoms with Crippen LogP contribution < -0.4 is 5.56 Å². The minimum Gasteiger partial charge on any atom is -0.292 e. The first-order valence-corrected chi connectivity index (χ1v) is 7.18. The van der Waals surface area contributed by atoms with Crippen LogP contribution in [-0.4, -0.2) is 9.55 Å². The minimum atomic E-state index is -0.255. The Morgan fingerprint density at radius 2 is 1.86 bits per heavy atom. The van der Waals surface area contributed by atoms with Gasteiger partial charge in [-0.3, -0.25) is 9.36 Å². The molecule has 4 rings (SSSR count). The SMILES string of the molecule is O=c1c2ccccc2nc2n1CC/C2=C\c1ccc(F)cc1. The third kappa shape index (κ3) is 2.04. The standard InChI is InChI=1S/C18H13FN2O/c19-14-7-5-12(6-8-14)11-13-9-10-21-17(13)20-16-4-2-1-3-15(16)18(21)22/h1-8,11H,9-10H2/b13-11+. The van der Waals surface area contributed by atoms with Crippen LogP contribution in [0.4, 0.5) is 4.39 Å². The smallest absolute Gasteiger partial charge is 0.261 e. The van der Waals surface area contributed by atoms with Crippen molar-refractivity contribution in [1.29, 1.82) is 0 Å². The average Bonchev–Trinajstić information content (AvgIpc) is 2.93. The molecule has 2 aromatic carbocycles. The number of para-hydroxylation sites is 1. The van der Waals surface area contributed by atoms with Crippen LogP contribution in [0.2, 0.25) is 0 Å². The van der Waals surface area contributed by atoms with Gasteiger partial charge in [-0.25, -0.2) is 9.37 Å². The van der Waals surface area contributed by atoms with E-state index in [-0.39, 0.29) is 11.4 Å². The van der Waals surface area contributed by atoms with Gasteiger partial charge < -0.3 is 0 Å². The number of hydrogen-bond donors (Lipinski definition) is 0. The summed E-state index contributed by atoms with van der Waals surface area (Å²) in [6, 6.07) is 13.7. The molecule has 108 valence electrons. The van der Waals surface area contributed by atoms with E-state index in [0.717, 1.165) is 17.6 Å². The van der Waals surface area contributed by atoms with E-state index >= 15 is 0 Å². The topological polar surface area (TPSA) is 34.9 Å². The van der Waals surface area contributed by atoms with Crippen molar-refractivity contribution >= 4 is 22.6 Å². The number of aromatic nitrogens is 2. The highest BCUT2D eigenvalue weighted by Crippen LogP contribution is 2.27. The molecular weight excluding hydrogens is 279 g/mol. The average molecular weight is 292 g/mol. The second kappa shape index (κ2) is 4.91. The molecule has 1 aliphatic rings. The van der Waals surface area contributed by atoms with Crippen LogP contribution in [0.25, 0.3) is 22.6 Å². The van der Waals surface area contributed by atoms with E-state index in [1.165, 1.54) is 12.1 Å². The van der Waals surface area contributed by atoms with Crippen molar-refractivity contribution in [3.05, 3.63) is 76.1 Å². The van der Waals surface area contributed by atoms with E-state index < -0.39 is 0 Å². The quantitative estimate of drug-likeness (QED) is 0.688. The molecule has 0 fully saturated rings. The van der Waals surface area contributed by atoms with Gasteiger partial charge in [-0.2, -0.15) is 0 Å². The Morgan fingerprint density at radius 1 is 1.09 bits per heavy atom. The maximum Gasteiger partial charge on any atom is 0.261 e. The highest BCUT2D eigenvalue weighted by molar-refractivity contribution is 5.84. The van der Waals surface area contributed by atoms with Crippen molar-refractivity contribution in [2.75, 3.05) is 0 Å². The lowest BCUT2D eigenvalue weighted by Crippen LogP contribution is -2.20. The van der Waals surface area contributed by atoms with Crippen LogP contribution in [0.3, 0.4) is 0 Å². The largest absolute Gasteiger partial charge is 0.292 e. The fourth-order valence-corrected chi connectivity index (χ4v) is 2.86. The Hall–Kier alpha value is -2.75. The van der Waals surface area contributed by atoms with Gasteiger partial charge in [-0.1, -0.05) is 24.3 Å². The van der Waals surface area contributed by atoms with Crippen molar-refractivity contribution in [3.63, 3.8) is 0 Å². The number of hydrogen-bond acceptors (Lipinski definition) is 2. The molecule has 0 spiro atoms. The molecule has 4 heteroatoms. The van der Waals surface area contributed by atoms with Gasteiger partial charge in [-0.05, 0) is 47.9 Å². The monoisotopic (exact) mass is 292 g/mol. The molecular formula is C18H13FN2O. The molecule has 0 amide bonds.